The number of carbonyl (C=O) groups excluding carboxylic acids is 1. The molecule has 5 nitrogen and oxygen atoms in total. The summed E-state index contributed by atoms with van der Waals surface area (Å²) in [5.74, 6) is 1.30. The zero-order valence-corrected chi connectivity index (χ0v) is 20.3. The lowest BCUT2D eigenvalue weighted by Crippen LogP contribution is -2.43. The van der Waals surface area contributed by atoms with Crippen molar-refractivity contribution in [3.8, 4) is 0 Å². The van der Waals surface area contributed by atoms with E-state index < -0.39 is 0 Å². The summed E-state index contributed by atoms with van der Waals surface area (Å²) in [4.78, 5) is 20.5. The van der Waals surface area contributed by atoms with Crippen LogP contribution in [0.25, 0.3) is 16.6 Å². The van der Waals surface area contributed by atoms with E-state index in [0.717, 1.165) is 50.2 Å². The first-order chi connectivity index (χ1) is 16.7. The average molecular weight is 455 g/mol. The fraction of sp³-hybridized carbons (Fsp3) is 0.448. The molecule has 2 aromatic rings. The van der Waals surface area contributed by atoms with Crippen molar-refractivity contribution >= 4 is 28.2 Å². The van der Waals surface area contributed by atoms with Crippen LogP contribution in [0, 0.1) is 17.8 Å². The molecule has 6 rings (SSSR count). The van der Waals surface area contributed by atoms with E-state index in [9.17, 15) is 4.79 Å². The largest absolute Gasteiger partial charge is 0.388 e. The molecule has 34 heavy (non-hydrogen) atoms. The van der Waals surface area contributed by atoms with Gasteiger partial charge in [-0.25, -0.2) is 0 Å². The number of carbonyl (C=O) groups is 1. The average Bonchev–Trinajstić information content (AvgIpc) is 3.62. The second kappa shape index (κ2) is 8.61. The van der Waals surface area contributed by atoms with Gasteiger partial charge in [0.05, 0.1) is 11.4 Å². The Kier molecular flexibility index (Phi) is 5.43. The van der Waals surface area contributed by atoms with E-state index in [-0.39, 0.29) is 11.8 Å². The normalized spacial score (nSPS) is 23.5. The Morgan fingerprint density at radius 2 is 1.85 bits per heavy atom. The molecule has 1 aromatic carbocycles. The first-order valence-electron chi connectivity index (χ1n) is 12.9. The SMILES string of the molecule is CNC1=CC=CC2C(C3CCN(C(=O)C4CCCC4)CC3)=NC(c3cc4ccccc4n3C)=C12. The Bertz CT molecular complexity index is 1250. The number of aliphatic imine (C=N–C) groups is 1. The van der Waals surface area contributed by atoms with E-state index in [2.05, 4.69) is 70.4 Å². The van der Waals surface area contributed by atoms with Crippen LogP contribution >= 0.6 is 0 Å². The van der Waals surface area contributed by atoms with Crippen LogP contribution in [-0.2, 0) is 11.8 Å². The van der Waals surface area contributed by atoms with Gasteiger partial charge >= 0.3 is 0 Å². The van der Waals surface area contributed by atoms with E-state index in [1.54, 1.807) is 0 Å². The highest BCUT2D eigenvalue weighted by Crippen LogP contribution is 2.43. The Labute approximate surface area is 201 Å². The van der Waals surface area contributed by atoms with E-state index in [0.29, 0.717) is 11.8 Å². The lowest BCUT2D eigenvalue weighted by molar-refractivity contribution is -0.136. The molecule has 1 unspecified atom stereocenters. The van der Waals surface area contributed by atoms with Gasteiger partial charge in [-0.15, -0.1) is 0 Å². The molecule has 1 amide bonds. The second-order valence-electron chi connectivity index (χ2n) is 10.2. The van der Waals surface area contributed by atoms with E-state index in [4.69, 9.17) is 4.99 Å². The molecule has 0 radical (unpaired) electrons. The summed E-state index contributed by atoms with van der Waals surface area (Å²) in [6.07, 6.45) is 13.2. The summed E-state index contributed by atoms with van der Waals surface area (Å²) in [5, 5.41) is 4.67. The molecule has 0 bridgehead atoms. The minimum absolute atomic E-state index is 0.211. The number of nitrogens with zero attached hydrogens (tertiary/aromatic N) is 3. The summed E-state index contributed by atoms with van der Waals surface area (Å²) in [7, 11) is 4.14. The Morgan fingerprint density at radius 1 is 1.09 bits per heavy atom. The van der Waals surface area contributed by atoms with Gasteiger partial charge in [-0.3, -0.25) is 9.79 Å². The van der Waals surface area contributed by atoms with Crippen LogP contribution in [-0.4, -0.2) is 41.2 Å². The molecule has 176 valence electrons. The summed E-state index contributed by atoms with van der Waals surface area (Å²) in [5.41, 5.74) is 7.21. The number of likely N-dealkylation sites (N-methyl/N-ethyl adjacent to an activating group) is 1. The third-order valence-electron chi connectivity index (χ3n) is 8.38. The fourth-order valence-electron chi connectivity index (χ4n) is 6.50. The van der Waals surface area contributed by atoms with Crippen LogP contribution in [0.5, 0.6) is 0 Å². The number of rotatable bonds is 4. The molecular weight excluding hydrogens is 420 g/mol. The van der Waals surface area contributed by atoms with Crippen molar-refractivity contribution in [2.24, 2.45) is 29.8 Å². The monoisotopic (exact) mass is 454 g/mol. The highest BCUT2D eigenvalue weighted by Gasteiger charge is 2.39. The lowest BCUT2D eigenvalue weighted by Gasteiger charge is -2.35. The van der Waals surface area contributed by atoms with Crippen LogP contribution in [0.1, 0.15) is 44.2 Å². The number of benzene rings is 1. The van der Waals surface area contributed by atoms with Crippen LogP contribution in [0.3, 0.4) is 0 Å². The summed E-state index contributed by atoms with van der Waals surface area (Å²) in [6.45, 7) is 1.73. The smallest absolute Gasteiger partial charge is 0.225 e. The molecule has 1 saturated carbocycles. The van der Waals surface area contributed by atoms with Gasteiger partial charge in [0, 0.05) is 72.8 Å². The van der Waals surface area contributed by atoms with Crippen molar-refractivity contribution in [3.05, 3.63) is 65.5 Å². The summed E-state index contributed by atoms with van der Waals surface area (Å²) >= 11 is 0. The van der Waals surface area contributed by atoms with Crippen molar-refractivity contribution in [2.75, 3.05) is 20.1 Å². The van der Waals surface area contributed by atoms with Crippen molar-refractivity contribution in [1.82, 2.24) is 14.8 Å². The standard InChI is InChI=1S/C29H34N4O/c1-30-23-12-7-11-22-26(23)28(25-18-21-10-5-6-13-24(21)32(25)2)31-27(22)19-14-16-33(17-15-19)29(34)20-8-3-4-9-20/h5-7,10-13,18-20,22,30H,3-4,8-9,14-17H2,1-2H3. The van der Waals surface area contributed by atoms with Crippen LogP contribution in [0.4, 0.5) is 0 Å². The quantitative estimate of drug-likeness (QED) is 0.702. The lowest BCUT2D eigenvalue weighted by atomic mass is 9.80. The predicted octanol–water partition coefficient (Wildman–Crippen LogP) is 5.06. The number of likely N-dealkylation sites (tertiary alicyclic amines) is 1. The maximum absolute atomic E-state index is 13.0. The number of hydrogen-bond donors (Lipinski definition) is 1. The molecule has 1 aromatic heterocycles. The zero-order chi connectivity index (χ0) is 23.2. The number of aryl methyl sites for hydroxylation is 1. The first kappa shape index (κ1) is 21.5. The second-order valence-corrected chi connectivity index (χ2v) is 10.2. The predicted molar refractivity (Wildman–Crippen MR) is 138 cm³/mol. The highest BCUT2D eigenvalue weighted by molar-refractivity contribution is 6.05. The Hall–Kier alpha value is -3.08. The van der Waals surface area contributed by atoms with Gasteiger partial charge in [0.2, 0.25) is 5.91 Å². The third-order valence-corrected chi connectivity index (χ3v) is 8.38. The fourth-order valence-corrected chi connectivity index (χ4v) is 6.50. The van der Waals surface area contributed by atoms with E-state index in [1.165, 1.54) is 40.7 Å². The summed E-state index contributed by atoms with van der Waals surface area (Å²) < 4.78 is 2.27. The molecule has 1 atom stereocenters. The summed E-state index contributed by atoms with van der Waals surface area (Å²) in [6, 6.07) is 10.8. The van der Waals surface area contributed by atoms with Gasteiger partial charge in [-0.1, -0.05) is 43.2 Å². The van der Waals surface area contributed by atoms with Gasteiger partial charge < -0.3 is 14.8 Å². The number of hydrogen-bond acceptors (Lipinski definition) is 3. The molecule has 2 aliphatic carbocycles. The Morgan fingerprint density at radius 3 is 2.59 bits per heavy atom. The molecule has 2 aliphatic heterocycles. The third kappa shape index (κ3) is 3.44. The minimum atomic E-state index is 0.211. The van der Waals surface area contributed by atoms with Crippen molar-refractivity contribution < 1.29 is 4.79 Å². The van der Waals surface area contributed by atoms with Gasteiger partial charge in [0.25, 0.3) is 0 Å². The van der Waals surface area contributed by atoms with Gasteiger partial charge in [-0.2, -0.15) is 0 Å². The number of nitrogens with one attached hydrogen (secondary N) is 1. The minimum Gasteiger partial charge on any atom is -0.388 e. The molecule has 0 spiro atoms. The van der Waals surface area contributed by atoms with Crippen molar-refractivity contribution in [2.45, 2.75) is 38.5 Å². The van der Waals surface area contributed by atoms with Crippen LogP contribution < -0.4 is 5.32 Å². The molecule has 4 aliphatic rings. The maximum Gasteiger partial charge on any atom is 0.225 e. The van der Waals surface area contributed by atoms with Crippen molar-refractivity contribution in [1.29, 1.82) is 0 Å². The number of allylic oxidation sites excluding steroid dienone is 4. The maximum atomic E-state index is 13.0. The van der Waals surface area contributed by atoms with Crippen molar-refractivity contribution in [3.63, 3.8) is 0 Å². The number of fused-ring (bicyclic) bond motifs is 2. The van der Waals surface area contributed by atoms with E-state index >= 15 is 0 Å². The molecule has 1 N–H and O–H groups in total. The highest BCUT2D eigenvalue weighted by atomic mass is 16.2. The molecule has 2 fully saturated rings. The zero-order valence-electron chi connectivity index (χ0n) is 20.3. The van der Waals surface area contributed by atoms with Gasteiger partial charge in [-0.05, 0) is 43.9 Å². The first-order valence-corrected chi connectivity index (χ1v) is 12.9. The van der Waals surface area contributed by atoms with E-state index in [1.807, 2.05) is 7.05 Å². The topological polar surface area (TPSA) is 49.6 Å². The molecule has 1 saturated heterocycles. The van der Waals surface area contributed by atoms with Crippen LogP contribution in [0.15, 0.2) is 64.8 Å². The Balaban J connectivity index is 1.31. The van der Waals surface area contributed by atoms with Crippen LogP contribution in [0.2, 0.25) is 0 Å². The number of aromatic nitrogens is 1. The number of piperidine rings is 1. The molecular formula is C29H34N4O. The number of para-hydroxylation sites is 1. The van der Waals surface area contributed by atoms with Gasteiger partial charge in [0.15, 0.2) is 0 Å². The number of amides is 1. The molecule has 3 heterocycles. The molecule has 5 heteroatoms. The van der Waals surface area contributed by atoms with Gasteiger partial charge in [0.1, 0.15) is 0 Å².